The van der Waals surface area contributed by atoms with E-state index in [1.165, 1.54) is 0 Å². The Balaban J connectivity index is 1.50. The number of rotatable bonds is 8. The maximum atomic E-state index is 11.2. The summed E-state index contributed by atoms with van der Waals surface area (Å²) in [6.07, 6.45) is 0.823. The quantitative estimate of drug-likeness (QED) is 0.270. The van der Waals surface area contributed by atoms with Gasteiger partial charge in [-0.05, 0) is 59.9 Å². The molecule has 0 fully saturated rings. The van der Waals surface area contributed by atoms with Gasteiger partial charge in [0.15, 0.2) is 12.3 Å². The zero-order chi connectivity index (χ0) is 25.9. The highest BCUT2D eigenvalue weighted by molar-refractivity contribution is 5.79. The lowest BCUT2D eigenvalue weighted by atomic mass is 9.97. The molecule has 0 radical (unpaired) electrons. The molecule has 1 N–H and O–H groups in total. The maximum Gasteiger partial charge on any atom is 0.341 e. The number of benzene rings is 3. The fraction of sp³-hybridized carbons (Fsp3) is 0.194. The summed E-state index contributed by atoms with van der Waals surface area (Å²) >= 11 is 0. The topological polar surface area (TPSA) is 77.2 Å². The average Bonchev–Trinajstić information content (AvgIpc) is 3.26. The van der Waals surface area contributed by atoms with Gasteiger partial charge < -0.3 is 14.4 Å². The number of pyridine rings is 1. The first-order valence-electron chi connectivity index (χ1n) is 12.4. The van der Waals surface area contributed by atoms with E-state index in [0.29, 0.717) is 12.3 Å². The number of carboxylic acid groups (broad SMARTS) is 1. The Kier molecular flexibility index (Phi) is 6.73. The molecule has 0 unspecified atom stereocenters. The van der Waals surface area contributed by atoms with Gasteiger partial charge in [0.1, 0.15) is 17.1 Å². The second-order valence-electron chi connectivity index (χ2n) is 9.18. The standard InChI is InChI=1S/C31H29N3O3/c1-4-28-33-30-20(2)16-21(3)32-31(30)34(28)18-22-10-12-24(13-11-22)26-17-25(23-8-6-5-7-9-23)14-15-27(26)37-19-29(35)36/h5-17H,4,18-19H2,1-3H3,(H,35,36). The Hall–Kier alpha value is -4.45. The van der Waals surface area contributed by atoms with E-state index in [9.17, 15) is 4.79 Å². The fourth-order valence-electron chi connectivity index (χ4n) is 4.69. The molecule has 5 aromatic rings. The minimum Gasteiger partial charge on any atom is -0.481 e. The number of carboxylic acids is 1. The molecule has 5 rings (SSSR count). The van der Waals surface area contributed by atoms with Crippen molar-refractivity contribution in [2.75, 3.05) is 6.61 Å². The smallest absolute Gasteiger partial charge is 0.341 e. The Morgan fingerprint density at radius 2 is 1.62 bits per heavy atom. The molecule has 0 bridgehead atoms. The summed E-state index contributed by atoms with van der Waals surface area (Å²) in [4.78, 5) is 20.8. The van der Waals surface area contributed by atoms with Crippen LogP contribution in [0.1, 0.15) is 29.6 Å². The third-order valence-electron chi connectivity index (χ3n) is 6.46. The number of nitrogens with zero attached hydrogens (tertiary/aromatic N) is 3. The maximum absolute atomic E-state index is 11.2. The van der Waals surface area contributed by atoms with E-state index >= 15 is 0 Å². The van der Waals surface area contributed by atoms with Crippen LogP contribution in [0, 0.1) is 13.8 Å². The van der Waals surface area contributed by atoms with Crippen molar-refractivity contribution >= 4 is 17.1 Å². The normalized spacial score (nSPS) is 11.1. The second kappa shape index (κ2) is 10.3. The van der Waals surface area contributed by atoms with Crippen LogP contribution in [0.2, 0.25) is 0 Å². The van der Waals surface area contributed by atoms with Crippen LogP contribution in [0.15, 0.2) is 78.9 Å². The number of carbonyl (C=O) groups is 1. The predicted octanol–water partition coefficient (Wildman–Crippen LogP) is 6.46. The largest absolute Gasteiger partial charge is 0.481 e. The zero-order valence-electron chi connectivity index (χ0n) is 21.2. The minimum atomic E-state index is -1.01. The highest BCUT2D eigenvalue weighted by Crippen LogP contribution is 2.35. The second-order valence-corrected chi connectivity index (χ2v) is 9.18. The van der Waals surface area contributed by atoms with Crippen LogP contribution in [0.3, 0.4) is 0 Å². The van der Waals surface area contributed by atoms with Gasteiger partial charge in [0.2, 0.25) is 0 Å². The number of aromatic nitrogens is 3. The number of imidazole rings is 1. The number of ether oxygens (including phenoxy) is 1. The zero-order valence-corrected chi connectivity index (χ0v) is 21.2. The van der Waals surface area contributed by atoms with Gasteiger partial charge >= 0.3 is 5.97 Å². The first-order valence-corrected chi connectivity index (χ1v) is 12.4. The lowest BCUT2D eigenvalue weighted by molar-refractivity contribution is -0.139. The van der Waals surface area contributed by atoms with Crippen molar-refractivity contribution in [1.29, 1.82) is 0 Å². The molecule has 0 aliphatic heterocycles. The number of aliphatic carboxylic acids is 1. The first kappa shape index (κ1) is 24.3. The third kappa shape index (κ3) is 5.09. The highest BCUT2D eigenvalue weighted by atomic mass is 16.5. The van der Waals surface area contributed by atoms with E-state index in [1.54, 1.807) is 0 Å². The molecule has 6 heteroatoms. The molecule has 0 aliphatic rings. The molecule has 186 valence electrons. The minimum absolute atomic E-state index is 0.394. The number of hydrogen-bond donors (Lipinski definition) is 1. The first-order chi connectivity index (χ1) is 17.9. The summed E-state index contributed by atoms with van der Waals surface area (Å²) < 4.78 is 7.84. The van der Waals surface area contributed by atoms with Crippen molar-refractivity contribution in [1.82, 2.24) is 14.5 Å². The molecule has 3 aromatic carbocycles. The third-order valence-corrected chi connectivity index (χ3v) is 6.46. The van der Waals surface area contributed by atoms with Crippen LogP contribution in [0.4, 0.5) is 0 Å². The van der Waals surface area contributed by atoms with E-state index in [4.69, 9.17) is 19.8 Å². The highest BCUT2D eigenvalue weighted by Gasteiger charge is 2.15. The molecule has 0 aliphatic carbocycles. The van der Waals surface area contributed by atoms with Gasteiger partial charge in [-0.15, -0.1) is 0 Å². The van der Waals surface area contributed by atoms with E-state index in [2.05, 4.69) is 66.9 Å². The van der Waals surface area contributed by atoms with Crippen LogP contribution in [0.25, 0.3) is 33.4 Å². The predicted molar refractivity (Wildman–Crippen MR) is 146 cm³/mol. The van der Waals surface area contributed by atoms with Crippen molar-refractivity contribution in [3.63, 3.8) is 0 Å². The summed E-state index contributed by atoms with van der Waals surface area (Å²) in [5, 5.41) is 9.14. The van der Waals surface area contributed by atoms with Gasteiger partial charge in [-0.3, -0.25) is 0 Å². The van der Waals surface area contributed by atoms with Crippen LogP contribution in [-0.4, -0.2) is 32.2 Å². The van der Waals surface area contributed by atoms with Crippen LogP contribution >= 0.6 is 0 Å². The Bertz CT molecular complexity index is 1570. The van der Waals surface area contributed by atoms with Gasteiger partial charge in [0, 0.05) is 17.7 Å². The van der Waals surface area contributed by atoms with E-state index < -0.39 is 12.6 Å². The molecule has 2 heterocycles. The summed E-state index contributed by atoms with van der Waals surface area (Å²) in [7, 11) is 0. The monoisotopic (exact) mass is 491 g/mol. The Morgan fingerprint density at radius 3 is 2.32 bits per heavy atom. The molecule has 6 nitrogen and oxygen atoms in total. The van der Waals surface area contributed by atoms with E-state index in [-0.39, 0.29) is 0 Å². The number of hydrogen-bond acceptors (Lipinski definition) is 4. The average molecular weight is 492 g/mol. The summed E-state index contributed by atoms with van der Waals surface area (Å²) in [6.45, 7) is 6.48. The fourth-order valence-corrected chi connectivity index (χ4v) is 4.69. The molecule has 0 atom stereocenters. The van der Waals surface area contributed by atoms with Crippen molar-refractivity contribution < 1.29 is 14.6 Å². The van der Waals surface area contributed by atoms with Crippen LogP contribution in [0.5, 0.6) is 5.75 Å². The molecular weight excluding hydrogens is 462 g/mol. The van der Waals surface area contributed by atoms with Crippen molar-refractivity contribution in [3.8, 4) is 28.0 Å². The summed E-state index contributed by atoms with van der Waals surface area (Å²) in [5.74, 6) is 0.547. The van der Waals surface area contributed by atoms with Crippen molar-refractivity contribution in [2.45, 2.75) is 33.7 Å². The van der Waals surface area contributed by atoms with Crippen molar-refractivity contribution in [3.05, 3.63) is 102 Å². The lowest BCUT2D eigenvalue weighted by Gasteiger charge is -2.14. The molecule has 37 heavy (non-hydrogen) atoms. The van der Waals surface area contributed by atoms with Gasteiger partial charge in [0.25, 0.3) is 0 Å². The summed E-state index contributed by atoms with van der Waals surface area (Å²) in [5.41, 5.74) is 9.05. The Morgan fingerprint density at radius 1 is 0.892 bits per heavy atom. The van der Waals surface area contributed by atoms with Gasteiger partial charge in [0.05, 0.1) is 6.54 Å². The van der Waals surface area contributed by atoms with Gasteiger partial charge in [-0.25, -0.2) is 14.8 Å². The molecule has 0 spiro atoms. The molecule has 2 aromatic heterocycles. The molecule has 0 amide bonds. The SMILES string of the molecule is CCc1nc2c(C)cc(C)nc2n1Cc1ccc(-c2cc(-c3ccccc3)ccc2OCC(=O)O)cc1. The van der Waals surface area contributed by atoms with Gasteiger partial charge in [-0.2, -0.15) is 0 Å². The molecular formula is C31H29N3O3. The van der Waals surface area contributed by atoms with Gasteiger partial charge in [-0.1, -0.05) is 67.6 Å². The Labute approximate surface area is 216 Å². The number of aryl methyl sites for hydroxylation is 3. The molecule has 0 saturated carbocycles. The van der Waals surface area contributed by atoms with Crippen LogP contribution < -0.4 is 4.74 Å². The van der Waals surface area contributed by atoms with Crippen LogP contribution in [-0.2, 0) is 17.8 Å². The van der Waals surface area contributed by atoms with E-state index in [0.717, 1.165) is 62.5 Å². The van der Waals surface area contributed by atoms with Crippen molar-refractivity contribution in [2.24, 2.45) is 0 Å². The number of fused-ring (bicyclic) bond motifs is 1. The van der Waals surface area contributed by atoms with E-state index in [1.807, 2.05) is 37.3 Å². The summed E-state index contributed by atoms with van der Waals surface area (Å²) in [6, 6.07) is 26.3. The molecule has 0 saturated heterocycles. The lowest BCUT2D eigenvalue weighted by Crippen LogP contribution is -2.10.